The SMILES string of the molecule is O=C(O)C1CCC(O)(CSc2ncc[nH]2)CC1. The van der Waals surface area contributed by atoms with Gasteiger partial charge in [0.05, 0.1) is 11.5 Å². The molecule has 0 radical (unpaired) electrons. The standard InChI is InChI=1S/C11H16N2O3S/c14-9(15)8-1-3-11(16,4-2-8)7-17-10-12-5-6-13-10/h5-6,8,16H,1-4,7H2,(H,12,13)(H,14,15). The lowest BCUT2D eigenvalue weighted by atomic mass is 9.80. The summed E-state index contributed by atoms with van der Waals surface area (Å²) in [4.78, 5) is 17.9. The lowest BCUT2D eigenvalue weighted by Crippen LogP contribution is -2.38. The predicted molar refractivity (Wildman–Crippen MR) is 63.9 cm³/mol. The van der Waals surface area contributed by atoms with Crippen molar-refractivity contribution in [3.8, 4) is 0 Å². The van der Waals surface area contributed by atoms with E-state index in [1.54, 1.807) is 12.4 Å². The zero-order chi connectivity index (χ0) is 12.3. The van der Waals surface area contributed by atoms with Crippen molar-refractivity contribution in [2.24, 2.45) is 5.92 Å². The molecule has 1 aliphatic rings. The summed E-state index contributed by atoms with van der Waals surface area (Å²) < 4.78 is 0. The Morgan fingerprint density at radius 1 is 1.59 bits per heavy atom. The highest BCUT2D eigenvalue weighted by Gasteiger charge is 2.35. The highest BCUT2D eigenvalue weighted by molar-refractivity contribution is 7.99. The Morgan fingerprint density at radius 3 is 2.82 bits per heavy atom. The van der Waals surface area contributed by atoms with Crippen LogP contribution in [-0.2, 0) is 4.79 Å². The molecule has 1 aromatic rings. The van der Waals surface area contributed by atoms with Crippen molar-refractivity contribution in [2.45, 2.75) is 36.4 Å². The van der Waals surface area contributed by atoms with E-state index in [9.17, 15) is 9.90 Å². The number of carboxylic acid groups (broad SMARTS) is 1. The van der Waals surface area contributed by atoms with Gasteiger partial charge in [-0.1, -0.05) is 11.8 Å². The molecule has 0 bridgehead atoms. The molecule has 1 aromatic heterocycles. The molecule has 6 heteroatoms. The van der Waals surface area contributed by atoms with Crippen LogP contribution in [0.4, 0.5) is 0 Å². The lowest BCUT2D eigenvalue weighted by molar-refractivity contribution is -0.144. The van der Waals surface area contributed by atoms with Crippen LogP contribution in [0.15, 0.2) is 17.6 Å². The summed E-state index contributed by atoms with van der Waals surface area (Å²) in [6, 6.07) is 0. The van der Waals surface area contributed by atoms with Crippen LogP contribution in [0.25, 0.3) is 0 Å². The maximum Gasteiger partial charge on any atom is 0.306 e. The van der Waals surface area contributed by atoms with Gasteiger partial charge in [-0.15, -0.1) is 0 Å². The van der Waals surface area contributed by atoms with E-state index < -0.39 is 11.6 Å². The number of aliphatic carboxylic acids is 1. The number of imidazole rings is 1. The minimum absolute atomic E-state index is 0.288. The van der Waals surface area contributed by atoms with E-state index in [0.29, 0.717) is 31.4 Å². The van der Waals surface area contributed by atoms with E-state index in [4.69, 9.17) is 5.11 Å². The second-order valence-corrected chi connectivity index (χ2v) is 5.48. The van der Waals surface area contributed by atoms with Gasteiger partial charge in [0.2, 0.25) is 0 Å². The Balaban J connectivity index is 1.83. The van der Waals surface area contributed by atoms with E-state index in [1.165, 1.54) is 11.8 Å². The van der Waals surface area contributed by atoms with Gasteiger partial charge >= 0.3 is 5.97 Å². The Hall–Kier alpha value is -1.01. The van der Waals surface area contributed by atoms with Crippen molar-refractivity contribution in [3.63, 3.8) is 0 Å². The van der Waals surface area contributed by atoms with Gasteiger partial charge in [-0.25, -0.2) is 4.98 Å². The first-order valence-electron chi connectivity index (χ1n) is 5.66. The summed E-state index contributed by atoms with van der Waals surface area (Å²) in [6.07, 6.45) is 5.64. The molecule has 0 spiro atoms. The number of nitrogens with one attached hydrogen (secondary N) is 1. The summed E-state index contributed by atoms with van der Waals surface area (Å²) in [5, 5.41) is 20.0. The molecule has 0 saturated heterocycles. The maximum atomic E-state index is 10.8. The molecular formula is C11H16N2O3S. The summed E-state index contributed by atoms with van der Waals surface area (Å²) in [6.45, 7) is 0. The van der Waals surface area contributed by atoms with Gasteiger partial charge in [0.25, 0.3) is 0 Å². The number of hydrogen-bond donors (Lipinski definition) is 3. The largest absolute Gasteiger partial charge is 0.481 e. The number of hydrogen-bond acceptors (Lipinski definition) is 4. The van der Waals surface area contributed by atoms with Crippen LogP contribution < -0.4 is 0 Å². The fraction of sp³-hybridized carbons (Fsp3) is 0.636. The third kappa shape index (κ3) is 3.23. The number of carboxylic acids is 1. The molecule has 3 N–H and O–H groups in total. The number of rotatable bonds is 4. The van der Waals surface area contributed by atoms with Gasteiger partial charge < -0.3 is 15.2 Å². The average molecular weight is 256 g/mol. The topological polar surface area (TPSA) is 86.2 Å². The highest BCUT2D eigenvalue weighted by Crippen LogP contribution is 2.35. The van der Waals surface area contributed by atoms with Crippen molar-refractivity contribution >= 4 is 17.7 Å². The molecule has 1 fully saturated rings. The first-order valence-corrected chi connectivity index (χ1v) is 6.65. The van der Waals surface area contributed by atoms with Crippen LogP contribution in [0, 0.1) is 5.92 Å². The lowest BCUT2D eigenvalue weighted by Gasteiger charge is -2.34. The molecule has 0 amide bonds. The Labute approximate surface area is 104 Å². The summed E-state index contributed by atoms with van der Waals surface area (Å²) in [5.41, 5.74) is -0.747. The summed E-state index contributed by atoms with van der Waals surface area (Å²) >= 11 is 1.48. The van der Waals surface area contributed by atoms with E-state index in [0.717, 1.165) is 5.16 Å². The average Bonchev–Trinajstić information content (AvgIpc) is 2.80. The van der Waals surface area contributed by atoms with E-state index in [1.807, 2.05) is 0 Å². The Kier molecular flexibility index (Phi) is 3.73. The monoisotopic (exact) mass is 256 g/mol. The number of nitrogens with zero attached hydrogens (tertiary/aromatic N) is 1. The fourth-order valence-corrected chi connectivity index (χ4v) is 3.06. The van der Waals surface area contributed by atoms with Crippen molar-refractivity contribution in [1.29, 1.82) is 0 Å². The van der Waals surface area contributed by atoms with Gasteiger partial charge in [0.15, 0.2) is 5.16 Å². The Bertz CT molecular complexity index is 372. The molecule has 1 saturated carbocycles. The van der Waals surface area contributed by atoms with E-state index in [-0.39, 0.29) is 5.92 Å². The van der Waals surface area contributed by atoms with Crippen molar-refractivity contribution in [2.75, 3.05) is 5.75 Å². The minimum atomic E-state index is -0.747. The molecule has 5 nitrogen and oxygen atoms in total. The number of carbonyl (C=O) groups is 1. The number of H-pyrrole nitrogens is 1. The number of thioether (sulfide) groups is 1. The zero-order valence-corrected chi connectivity index (χ0v) is 10.2. The van der Waals surface area contributed by atoms with Gasteiger partial charge in [-0.3, -0.25) is 4.79 Å². The zero-order valence-electron chi connectivity index (χ0n) is 9.43. The highest BCUT2D eigenvalue weighted by atomic mass is 32.2. The maximum absolute atomic E-state index is 10.8. The van der Waals surface area contributed by atoms with Gasteiger partial charge in [0, 0.05) is 18.1 Å². The number of aromatic nitrogens is 2. The predicted octanol–water partition coefficient (Wildman–Crippen LogP) is 1.51. The normalized spacial score (nSPS) is 29.1. The number of aromatic amines is 1. The molecule has 0 aliphatic heterocycles. The molecule has 1 heterocycles. The molecule has 0 aromatic carbocycles. The van der Waals surface area contributed by atoms with Crippen LogP contribution in [0.3, 0.4) is 0 Å². The van der Waals surface area contributed by atoms with Crippen LogP contribution >= 0.6 is 11.8 Å². The third-order valence-electron chi connectivity index (χ3n) is 3.22. The van der Waals surface area contributed by atoms with Crippen molar-refractivity contribution in [1.82, 2.24) is 9.97 Å². The second-order valence-electron chi connectivity index (χ2n) is 4.52. The first-order chi connectivity index (χ1) is 8.09. The van der Waals surface area contributed by atoms with Crippen molar-refractivity contribution < 1.29 is 15.0 Å². The summed E-state index contributed by atoms with van der Waals surface area (Å²) in [7, 11) is 0. The minimum Gasteiger partial charge on any atom is -0.481 e. The quantitative estimate of drug-likeness (QED) is 0.711. The van der Waals surface area contributed by atoms with E-state index in [2.05, 4.69) is 9.97 Å². The molecule has 2 rings (SSSR count). The second kappa shape index (κ2) is 5.10. The molecule has 1 aliphatic carbocycles. The van der Waals surface area contributed by atoms with Crippen LogP contribution in [0.2, 0.25) is 0 Å². The number of aliphatic hydroxyl groups is 1. The fourth-order valence-electron chi connectivity index (χ4n) is 2.08. The van der Waals surface area contributed by atoms with Crippen LogP contribution in [-0.4, -0.2) is 37.5 Å². The molecule has 94 valence electrons. The van der Waals surface area contributed by atoms with Gasteiger partial charge in [-0.05, 0) is 25.7 Å². The molecule has 0 unspecified atom stereocenters. The summed E-state index contributed by atoms with van der Waals surface area (Å²) in [5.74, 6) is -0.470. The van der Waals surface area contributed by atoms with Crippen molar-refractivity contribution in [3.05, 3.63) is 12.4 Å². The molecule has 17 heavy (non-hydrogen) atoms. The molecule has 0 atom stereocenters. The molecular weight excluding hydrogens is 240 g/mol. The smallest absolute Gasteiger partial charge is 0.306 e. The Morgan fingerprint density at radius 2 is 2.29 bits per heavy atom. The first kappa shape index (κ1) is 12.4. The third-order valence-corrected chi connectivity index (χ3v) is 4.39. The van der Waals surface area contributed by atoms with Crippen LogP contribution in [0.5, 0.6) is 0 Å². The van der Waals surface area contributed by atoms with Gasteiger partial charge in [0.1, 0.15) is 0 Å². The van der Waals surface area contributed by atoms with Gasteiger partial charge in [-0.2, -0.15) is 0 Å². The van der Waals surface area contributed by atoms with Crippen LogP contribution in [0.1, 0.15) is 25.7 Å². The van der Waals surface area contributed by atoms with E-state index >= 15 is 0 Å².